The van der Waals surface area contributed by atoms with E-state index < -0.39 is 0 Å². The molecule has 16 rings (SSSR count). The minimum Gasteiger partial charge on any atom is -0.310 e. The molecule has 0 amide bonds. The molecule has 16 aromatic rings. The van der Waals surface area contributed by atoms with Crippen LogP contribution >= 0.6 is 0 Å². The third kappa shape index (κ3) is 7.65. The Morgan fingerprint density at radius 2 is 0.573 bits per heavy atom. The van der Waals surface area contributed by atoms with Gasteiger partial charge in [0.2, 0.25) is 0 Å². The van der Waals surface area contributed by atoms with E-state index in [0.717, 1.165) is 112 Å². The van der Waals surface area contributed by atoms with E-state index in [1.165, 1.54) is 32.6 Å². The average Bonchev–Trinajstić information content (AvgIpc) is 4.27. The van der Waals surface area contributed by atoms with Gasteiger partial charge >= 0.3 is 0 Å². The summed E-state index contributed by atoms with van der Waals surface area (Å²) in [7, 11) is 0. The normalized spacial score (nSPS) is 11.7. The lowest BCUT2D eigenvalue weighted by atomic mass is 9.94. The van der Waals surface area contributed by atoms with Crippen LogP contribution < -0.4 is 9.80 Å². The maximum absolute atomic E-state index is 5.60. The molecule has 384 valence electrons. The summed E-state index contributed by atoms with van der Waals surface area (Å²) in [4.78, 5) is 16.0. The fourth-order valence-corrected chi connectivity index (χ4v) is 12.7. The van der Waals surface area contributed by atoms with Crippen molar-refractivity contribution in [3.05, 3.63) is 303 Å². The topological polar surface area (TPSA) is 42.1 Å². The third-order valence-electron chi connectivity index (χ3n) is 16.2. The van der Waals surface area contributed by atoms with Crippen LogP contribution in [0, 0.1) is 0 Å². The van der Waals surface area contributed by atoms with Crippen molar-refractivity contribution in [2.45, 2.75) is 0 Å². The fraction of sp³-hybridized carbons (Fsp3) is 0. The van der Waals surface area contributed by atoms with Crippen LogP contribution in [0.5, 0.6) is 0 Å². The SMILES string of the molecule is c1ccc(N(c2ccc3c(c2)c2ccccc2n3-c2ccccc2)c2cccc3c(-c4nc5ccccc5nc4-c4cccc5c(N(c6ccccc6)c6ccc7c(c6)c6ccccc6n7-c6ccccc6)cccc45)cccc23)cc1. The summed E-state index contributed by atoms with van der Waals surface area (Å²) in [5.41, 5.74) is 18.6. The molecule has 0 N–H and O–H groups in total. The van der Waals surface area contributed by atoms with Crippen molar-refractivity contribution in [3.8, 4) is 33.9 Å². The van der Waals surface area contributed by atoms with Crippen LogP contribution in [0.25, 0.3) is 110 Å². The van der Waals surface area contributed by atoms with E-state index in [1.54, 1.807) is 0 Å². The van der Waals surface area contributed by atoms with Gasteiger partial charge in [0.15, 0.2) is 0 Å². The Morgan fingerprint density at radius 3 is 1.01 bits per heavy atom. The molecule has 0 bridgehead atoms. The van der Waals surface area contributed by atoms with Gasteiger partial charge in [-0.05, 0) is 132 Å². The Hall–Kier alpha value is -11.1. The first-order valence-electron chi connectivity index (χ1n) is 27.9. The van der Waals surface area contributed by atoms with Crippen molar-refractivity contribution in [1.82, 2.24) is 19.1 Å². The quantitative estimate of drug-likeness (QED) is 0.137. The van der Waals surface area contributed by atoms with Gasteiger partial charge in [0.05, 0.1) is 55.9 Å². The molecule has 13 aromatic carbocycles. The first-order valence-corrected chi connectivity index (χ1v) is 27.9. The molecular weight excluding hydrogens is 997 g/mol. The van der Waals surface area contributed by atoms with Crippen LogP contribution in [-0.4, -0.2) is 19.1 Å². The van der Waals surface area contributed by atoms with Crippen molar-refractivity contribution in [2.75, 3.05) is 9.80 Å². The lowest BCUT2D eigenvalue weighted by Crippen LogP contribution is -2.10. The van der Waals surface area contributed by atoms with Crippen LogP contribution in [-0.2, 0) is 0 Å². The highest BCUT2D eigenvalue weighted by molar-refractivity contribution is 6.15. The highest BCUT2D eigenvalue weighted by Gasteiger charge is 2.24. The van der Waals surface area contributed by atoms with Crippen LogP contribution in [0.4, 0.5) is 34.1 Å². The van der Waals surface area contributed by atoms with Crippen molar-refractivity contribution >= 4 is 110 Å². The summed E-state index contributed by atoms with van der Waals surface area (Å²) in [5.74, 6) is 0. The van der Waals surface area contributed by atoms with E-state index in [9.17, 15) is 0 Å². The van der Waals surface area contributed by atoms with Gasteiger partial charge in [-0.2, -0.15) is 0 Å². The van der Waals surface area contributed by atoms with Gasteiger partial charge in [-0.25, -0.2) is 9.97 Å². The van der Waals surface area contributed by atoms with E-state index in [2.05, 4.69) is 310 Å². The zero-order chi connectivity index (χ0) is 54.1. The van der Waals surface area contributed by atoms with Crippen LogP contribution in [0.2, 0.25) is 0 Å². The van der Waals surface area contributed by atoms with Crippen molar-refractivity contribution < 1.29 is 0 Å². The van der Waals surface area contributed by atoms with Crippen LogP contribution in [0.1, 0.15) is 0 Å². The minimum atomic E-state index is 0.820. The molecule has 82 heavy (non-hydrogen) atoms. The maximum Gasteiger partial charge on any atom is 0.0979 e. The predicted molar refractivity (Wildman–Crippen MR) is 343 cm³/mol. The van der Waals surface area contributed by atoms with Crippen molar-refractivity contribution in [1.29, 1.82) is 0 Å². The Balaban J connectivity index is 0.874. The summed E-state index contributed by atoms with van der Waals surface area (Å²) in [6.07, 6.45) is 0. The number of aromatic nitrogens is 4. The molecule has 0 aliphatic heterocycles. The van der Waals surface area contributed by atoms with E-state index >= 15 is 0 Å². The molecule has 6 heteroatoms. The number of hydrogen-bond donors (Lipinski definition) is 0. The Morgan fingerprint density at radius 1 is 0.232 bits per heavy atom. The van der Waals surface area contributed by atoms with Crippen LogP contribution in [0.3, 0.4) is 0 Å². The Labute approximate surface area is 473 Å². The number of anilines is 6. The second-order valence-electron chi connectivity index (χ2n) is 20.9. The summed E-state index contributed by atoms with van der Waals surface area (Å²) in [5, 5.41) is 9.14. The second kappa shape index (κ2) is 19.4. The number of rotatable bonds is 10. The number of benzene rings is 13. The highest BCUT2D eigenvalue weighted by Crippen LogP contribution is 2.47. The lowest BCUT2D eigenvalue weighted by molar-refractivity contribution is 1.18. The smallest absolute Gasteiger partial charge is 0.0979 e. The zero-order valence-corrected chi connectivity index (χ0v) is 44.6. The van der Waals surface area contributed by atoms with Crippen molar-refractivity contribution in [2.24, 2.45) is 0 Å². The molecule has 3 aromatic heterocycles. The highest BCUT2D eigenvalue weighted by atomic mass is 15.2. The molecule has 0 saturated carbocycles. The maximum atomic E-state index is 5.60. The van der Waals surface area contributed by atoms with E-state index in [-0.39, 0.29) is 0 Å². The fourth-order valence-electron chi connectivity index (χ4n) is 12.7. The van der Waals surface area contributed by atoms with Gasteiger partial charge in [-0.15, -0.1) is 0 Å². The molecule has 3 heterocycles. The molecular formula is C76H50N6. The van der Waals surface area contributed by atoms with Gasteiger partial charge in [-0.1, -0.05) is 182 Å². The Kier molecular flexibility index (Phi) is 11.1. The van der Waals surface area contributed by atoms with Crippen molar-refractivity contribution in [3.63, 3.8) is 0 Å². The molecule has 0 aliphatic carbocycles. The summed E-state index contributed by atoms with van der Waals surface area (Å²) >= 11 is 0. The van der Waals surface area contributed by atoms with Gasteiger partial charge in [0, 0.05) is 77.6 Å². The largest absolute Gasteiger partial charge is 0.310 e. The molecule has 0 radical (unpaired) electrons. The number of nitrogens with zero attached hydrogens (tertiary/aromatic N) is 6. The standard InChI is InChI=1S/C76H50N6/c1-5-23-51(24-6-1)79(55-45-47-73-65(49-55)61-31-13-17-41-71(61)81(73)53-27-9-3-10-28-53)69-43-21-33-57-59(69)35-19-37-63(57)75-76(78-68-40-16-15-39-67(68)77-75)64-38-20-36-60-58(64)34-22-44-70(60)80(52-25-7-2-8-26-52)56-46-48-74-66(50-56)62-32-14-18-42-72(62)82(74)54-29-11-4-12-30-54/h1-50H. The molecule has 0 fully saturated rings. The molecule has 0 aliphatic rings. The first-order chi connectivity index (χ1) is 40.7. The van der Waals surface area contributed by atoms with Gasteiger partial charge in [-0.3, -0.25) is 0 Å². The van der Waals surface area contributed by atoms with E-state index in [1.807, 2.05) is 12.1 Å². The van der Waals surface area contributed by atoms with Gasteiger partial charge < -0.3 is 18.9 Å². The molecule has 6 nitrogen and oxygen atoms in total. The summed E-state index contributed by atoms with van der Waals surface area (Å²) < 4.78 is 4.74. The molecule has 0 unspecified atom stereocenters. The lowest BCUT2D eigenvalue weighted by Gasteiger charge is -2.28. The minimum absolute atomic E-state index is 0.820. The summed E-state index contributed by atoms with van der Waals surface area (Å²) in [6.45, 7) is 0. The zero-order valence-electron chi connectivity index (χ0n) is 44.6. The second-order valence-corrected chi connectivity index (χ2v) is 20.9. The molecule has 0 spiro atoms. The number of fused-ring (bicyclic) bond motifs is 9. The Bertz CT molecular complexity index is 4790. The molecule has 0 saturated heterocycles. The average molecular weight is 1050 g/mol. The monoisotopic (exact) mass is 1050 g/mol. The molecule has 0 atom stereocenters. The third-order valence-corrected chi connectivity index (χ3v) is 16.2. The van der Waals surface area contributed by atoms with Gasteiger partial charge in [0.25, 0.3) is 0 Å². The number of hydrogen-bond acceptors (Lipinski definition) is 4. The summed E-state index contributed by atoms with van der Waals surface area (Å²) in [6, 6.07) is 109. The number of para-hydroxylation sites is 8. The first kappa shape index (κ1) is 47.0. The predicted octanol–water partition coefficient (Wildman–Crippen LogP) is 20.4. The van der Waals surface area contributed by atoms with Crippen LogP contribution in [0.15, 0.2) is 303 Å². The van der Waals surface area contributed by atoms with E-state index in [4.69, 9.17) is 9.97 Å². The van der Waals surface area contributed by atoms with Gasteiger partial charge in [0.1, 0.15) is 0 Å². The van der Waals surface area contributed by atoms with E-state index in [0.29, 0.717) is 0 Å².